The standard InChI is InChI=1S/C23H17Cl3N2O2S/c1-13-9-16(14(2)28(13)19-7-5-17(24)6-8-19)10-21-22(29)27(23(30)31-21)12-15-3-4-18(25)11-20(15)26/h3-11H,12H2,1-2H3/b21-10-. The maximum absolute atomic E-state index is 12.9. The first-order valence-electron chi connectivity index (χ1n) is 9.39. The zero-order valence-electron chi connectivity index (χ0n) is 16.7. The van der Waals surface area contributed by atoms with E-state index in [9.17, 15) is 9.59 Å². The Hall–Kier alpha value is -2.18. The van der Waals surface area contributed by atoms with Crippen molar-refractivity contribution in [2.45, 2.75) is 20.4 Å². The van der Waals surface area contributed by atoms with Crippen molar-refractivity contribution >= 4 is 63.8 Å². The molecule has 2 heterocycles. The van der Waals surface area contributed by atoms with E-state index < -0.39 is 0 Å². The number of aromatic nitrogens is 1. The molecule has 31 heavy (non-hydrogen) atoms. The summed E-state index contributed by atoms with van der Waals surface area (Å²) in [5.41, 5.74) is 4.49. The first-order chi connectivity index (χ1) is 14.7. The fourth-order valence-electron chi connectivity index (χ4n) is 3.52. The number of halogens is 3. The number of amides is 2. The third-order valence-corrected chi connectivity index (χ3v) is 6.81. The molecule has 0 radical (unpaired) electrons. The van der Waals surface area contributed by atoms with Gasteiger partial charge in [-0.3, -0.25) is 14.5 Å². The summed E-state index contributed by atoms with van der Waals surface area (Å²) < 4.78 is 2.08. The Balaban J connectivity index is 1.62. The maximum Gasteiger partial charge on any atom is 0.293 e. The minimum absolute atomic E-state index is 0.0990. The lowest BCUT2D eigenvalue weighted by atomic mass is 10.2. The molecule has 0 bridgehead atoms. The van der Waals surface area contributed by atoms with Gasteiger partial charge in [0, 0.05) is 32.1 Å². The molecule has 0 saturated carbocycles. The second kappa shape index (κ2) is 8.75. The molecular formula is C23H17Cl3N2O2S. The van der Waals surface area contributed by atoms with Crippen molar-refractivity contribution in [1.82, 2.24) is 9.47 Å². The normalized spacial score (nSPS) is 15.4. The van der Waals surface area contributed by atoms with Crippen LogP contribution in [0.4, 0.5) is 4.79 Å². The highest BCUT2D eigenvalue weighted by atomic mass is 35.5. The molecule has 0 spiro atoms. The lowest BCUT2D eigenvalue weighted by molar-refractivity contribution is -0.123. The molecule has 1 fully saturated rings. The number of nitrogens with zero attached hydrogens (tertiary/aromatic N) is 2. The molecule has 4 rings (SSSR count). The lowest BCUT2D eigenvalue weighted by Gasteiger charge is -2.13. The molecule has 3 aromatic rings. The molecule has 2 aromatic carbocycles. The molecule has 0 unspecified atom stereocenters. The first-order valence-corrected chi connectivity index (χ1v) is 11.3. The van der Waals surface area contributed by atoms with Crippen molar-refractivity contribution in [3.05, 3.63) is 91.0 Å². The van der Waals surface area contributed by atoms with Crippen LogP contribution in [0.25, 0.3) is 11.8 Å². The van der Waals surface area contributed by atoms with Gasteiger partial charge in [-0.1, -0.05) is 40.9 Å². The minimum Gasteiger partial charge on any atom is -0.318 e. The van der Waals surface area contributed by atoms with Crippen LogP contribution in [0.5, 0.6) is 0 Å². The monoisotopic (exact) mass is 490 g/mol. The van der Waals surface area contributed by atoms with Gasteiger partial charge in [0.25, 0.3) is 11.1 Å². The highest BCUT2D eigenvalue weighted by molar-refractivity contribution is 8.18. The SMILES string of the molecule is Cc1cc(/C=C2\SC(=O)N(Cc3ccc(Cl)cc3Cl)C2=O)c(C)n1-c1ccc(Cl)cc1. The van der Waals surface area contributed by atoms with Gasteiger partial charge in [0.2, 0.25) is 0 Å². The Bertz CT molecular complexity index is 1230. The number of carbonyl (C=O) groups excluding carboxylic acids is 2. The predicted molar refractivity (Wildman–Crippen MR) is 128 cm³/mol. The first kappa shape index (κ1) is 22.0. The zero-order chi connectivity index (χ0) is 22.3. The van der Waals surface area contributed by atoms with Crippen LogP contribution >= 0.6 is 46.6 Å². The summed E-state index contributed by atoms with van der Waals surface area (Å²) in [6.07, 6.45) is 1.77. The van der Waals surface area contributed by atoms with Gasteiger partial charge in [-0.25, -0.2) is 0 Å². The fourth-order valence-corrected chi connectivity index (χ4v) is 4.94. The third kappa shape index (κ3) is 4.41. The smallest absolute Gasteiger partial charge is 0.293 e. The highest BCUT2D eigenvalue weighted by Gasteiger charge is 2.35. The Kier molecular flexibility index (Phi) is 6.22. The minimum atomic E-state index is -0.336. The lowest BCUT2D eigenvalue weighted by Crippen LogP contribution is -2.27. The van der Waals surface area contributed by atoms with Crippen LogP contribution in [-0.2, 0) is 11.3 Å². The van der Waals surface area contributed by atoms with E-state index in [4.69, 9.17) is 34.8 Å². The van der Waals surface area contributed by atoms with Gasteiger partial charge in [-0.15, -0.1) is 0 Å². The van der Waals surface area contributed by atoms with Gasteiger partial charge in [-0.2, -0.15) is 0 Å². The van der Waals surface area contributed by atoms with Gasteiger partial charge in [-0.05, 0) is 85.3 Å². The van der Waals surface area contributed by atoms with E-state index in [-0.39, 0.29) is 17.7 Å². The number of hydrogen-bond donors (Lipinski definition) is 0. The van der Waals surface area contributed by atoms with Crippen molar-refractivity contribution in [3.8, 4) is 5.69 Å². The number of rotatable bonds is 4. The number of thioether (sulfide) groups is 1. The van der Waals surface area contributed by atoms with Gasteiger partial charge in [0.1, 0.15) is 0 Å². The van der Waals surface area contributed by atoms with Crippen LogP contribution in [0.15, 0.2) is 53.4 Å². The average molecular weight is 492 g/mol. The molecule has 158 valence electrons. The van der Waals surface area contributed by atoms with E-state index in [2.05, 4.69) is 4.57 Å². The van der Waals surface area contributed by atoms with Crippen molar-refractivity contribution < 1.29 is 9.59 Å². The van der Waals surface area contributed by atoms with Crippen molar-refractivity contribution in [3.63, 3.8) is 0 Å². The Morgan fingerprint density at radius 3 is 2.29 bits per heavy atom. The molecule has 1 aliphatic heterocycles. The number of aryl methyl sites for hydroxylation is 1. The largest absolute Gasteiger partial charge is 0.318 e. The Labute approximate surface area is 199 Å². The summed E-state index contributed by atoms with van der Waals surface area (Å²) in [7, 11) is 0. The summed E-state index contributed by atoms with van der Waals surface area (Å²) in [5, 5.41) is 1.26. The quantitative estimate of drug-likeness (QED) is 0.360. The molecule has 0 aliphatic carbocycles. The van der Waals surface area contributed by atoms with Crippen molar-refractivity contribution in [2.24, 2.45) is 0 Å². The Morgan fingerprint density at radius 1 is 0.935 bits per heavy atom. The van der Waals surface area contributed by atoms with Gasteiger partial charge >= 0.3 is 0 Å². The van der Waals surface area contributed by atoms with E-state index in [0.717, 1.165) is 34.4 Å². The molecule has 4 nitrogen and oxygen atoms in total. The number of imide groups is 1. The second-order valence-corrected chi connectivity index (χ2v) is 9.42. The van der Waals surface area contributed by atoms with Crippen LogP contribution < -0.4 is 0 Å². The molecule has 2 amide bonds. The van der Waals surface area contributed by atoms with E-state index in [0.29, 0.717) is 25.5 Å². The summed E-state index contributed by atoms with van der Waals surface area (Å²) in [5.74, 6) is -0.336. The summed E-state index contributed by atoms with van der Waals surface area (Å²) in [4.78, 5) is 27.0. The highest BCUT2D eigenvalue weighted by Crippen LogP contribution is 2.35. The summed E-state index contributed by atoms with van der Waals surface area (Å²) >= 11 is 19.1. The summed E-state index contributed by atoms with van der Waals surface area (Å²) in [6.45, 7) is 4.07. The molecule has 1 aliphatic rings. The van der Waals surface area contributed by atoms with E-state index in [1.807, 2.05) is 44.2 Å². The topological polar surface area (TPSA) is 42.3 Å². The van der Waals surface area contributed by atoms with Crippen LogP contribution in [0.1, 0.15) is 22.5 Å². The fraction of sp³-hybridized carbons (Fsp3) is 0.130. The van der Waals surface area contributed by atoms with Crippen molar-refractivity contribution in [2.75, 3.05) is 0 Å². The molecule has 0 N–H and O–H groups in total. The number of carbonyl (C=O) groups is 2. The van der Waals surface area contributed by atoms with E-state index >= 15 is 0 Å². The molecule has 0 atom stereocenters. The predicted octanol–water partition coefficient (Wildman–Crippen LogP) is 7.29. The second-order valence-electron chi connectivity index (χ2n) is 7.14. The van der Waals surface area contributed by atoms with E-state index in [1.165, 1.54) is 4.90 Å². The molecular weight excluding hydrogens is 475 g/mol. The summed E-state index contributed by atoms with van der Waals surface area (Å²) in [6, 6.07) is 14.5. The van der Waals surface area contributed by atoms with Gasteiger partial charge in [0.05, 0.1) is 11.4 Å². The maximum atomic E-state index is 12.9. The van der Waals surface area contributed by atoms with Crippen LogP contribution in [0.2, 0.25) is 15.1 Å². The van der Waals surface area contributed by atoms with Gasteiger partial charge < -0.3 is 4.57 Å². The van der Waals surface area contributed by atoms with Crippen LogP contribution in [0.3, 0.4) is 0 Å². The average Bonchev–Trinajstić information content (AvgIpc) is 3.14. The molecule has 1 saturated heterocycles. The molecule has 8 heteroatoms. The zero-order valence-corrected chi connectivity index (χ0v) is 19.7. The van der Waals surface area contributed by atoms with E-state index in [1.54, 1.807) is 24.3 Å². The molecule has 1 aromatic heterocycles. The third-order valence-electron chi connectivity index (χ3n) is 5.06. The number of benzene rings is 2. The Morgan fingerprint density at radius 2 is 1.61 bits per heavy atom. The van der Waals surface area contributed by atoms with Crippen molar-refractivity contribution in [1.29, 1.82) is 0 Å². The van der Waals surface area contributed by atoms with Gasteiger partial charge in [0.15, 0.2) is 0 Å². The van der Waals surface area contributed by atoms with Crippen LogP contribution in [-0.4, -0.2) is 20.6 Å². The number of hydrogen-bond acceptors (Lipinski definition) is 3. The van der Waals surface area contributed by atoms with Crippen LogP contribution in [0, 0.1) is 13.8 Å².